The number of aryl methyl sites for hydroxylation is 1. The number of carbonyl (C=O) groups is 1. The molecule has 1 unspecified atom stereocenters. The zero-order valence-electron chi connectivity index (χ0n) is 11.8. The zero-order valence-corrected chi connectivity index (χ0v) is 11.8. The van der Waals surface area contributed by atoms with Crippen molar-refractivity contribution in [3.8, 4) is 5.88 Å². The molecule has 0 fully saturated rings. The van der Waals surface area contributed by atoms with Crippen LogP contribution in [-0.2, 0) is 11.2 Å². The van der Waals surface area contributed by atoms with Crippen molar-refractivity contribution < 1.29 is 19.4 Å². The molecule has 1 atom stereocenters. The number of hydrogen-bond donors (Lipinski definition) is 1. The topological polar surface area (TPSA) is 71.9 Å². The first-order valence-corrected chi connectivity index (χ1v) is 6.82. The highest BCUT2D eigenvalue weighted by atomic mass is 16.6. The second kappa shape index (κ2) is 6.56. The summed E-state index contributed by atoms with van der Waals surface area (Å²) in [5, 5.41) is 8.78. The number of anilines is 1. The van der Waals surface area contributed by atoms with Crippen molar-refractivity contribution in [2.75, 3.05) is 25.2 Å². The highest BCUT2D eigenvalue weighted by Gasteiger charge is 2.32. The minimum Gasteiger partial charge on any atom is -0.481 e. The highest BCUT2D eigenvalue weighted by Crippen LogP contribution is 2.32. The van der Waals surface area contributed by atoms with Gasteiger partial charge in [0.15, 0.2) is 0 Å². The SMILES string of the molecule is CCC1CCc2nc(OC)ccc2N1C(=O)OCCO. The van der Waals surface area contributed by atoms with Crippen molar-refractivity contribution in [2.45, 2.75) is 32.2 Å². The molecule has 20 heavy (non-hydrogen) atoms. The van der Waals surface area contributed by atoms with Gasteiger partial charge in [-0.3, -0.25) is 4.90 Å². The number of ether oxygens (including phenoxy) is 2. The van der Waals surface area contributed by atoms with Gasteiger partial charge in [0.25, 0.3) is 0 Å². The van der Waals surface area contributed by atoms with Crippen molar-refractivity contribution in [3.63, 3.8) is 0 Å². The normalized spacial score (nSPS) is 17.6. The molecule has 1 N–H and O–H groups in total. The maximum atomic E-state index is 12.2. The van der Waals surface area contributed by atoms with Crippen LogP contribution in [-0.4, -0.2) is 42.5 Å². The molecule has 6 heteroatoms. The van der Waals surface area contributed by atoms with Crippen molar-refractivity contribution >= 4 is 11.8 Å². The van der Waals surface area contributed by atoms with Gasteiger partial charge in [-0.25, -0.2) is 9.78 Å². The quantitative estimate of drug-likeness (QED) is 0.909. The Hall–Kier alpha value is -1.82. The first-order chi connectivity index (χ1) is 9.71. The van der Waals surface area contributed by atoms with E-state index < -0.39 is 6.09 Å². The number of methoxy groups -OCH3 is 1. The number of carbonyl (C=O) groups excluding carboxylic acids is 1. The van der Waals surface area contributed by atoms with Gasteiger partial charge in [-0.05, 0) is 25.3 Å². The molecule has 0 aliphatic carbocycles. The fraction of sp³-hybridized carbons (Fsp3) is 0.571. The van der Waals surface area contributed by atoms with Gasteiger partial charge >= 0.3 is 6.09 Å². The molecular weight excluding hydrogens is 260 g/mol. The van der Waals surface area contributed by atoms with Crippen LogP contribution in [0.2, 0.25) is 0 Å². The average molecular weight is 280 g/mol. The zero-order chi connectivity index (χ0) is 14.5. The summed E-state index contributed by atoms with van der Waals surface area (Å²) in [6.45, 7) is 1.87. The first kappa shape index (κ1) is 14.6. The Kier molecular flexibility index (Phi) is 4.79. The molecule has 110 valence electrons. The molecule has 6 nitrogen and oxygen atoms in total. The Morgan fingerprint density at radius 1 is 1.55 bits per heavy atom. The van der Waals surface area contributed by atoms with Crippen LogP contribution < -0.4 is 9.64 Å². The summed E-state index contributed by atoms with van der Waals surface area (Å²) in [5.74, 6) is 0.544. The second-order valence-corrected chi connectivity index (χ2v) is 4.63. The summed E-state index contributed by atoms with van der Waals surface area (Å²) >= 11 is 0. The van der Waals surface area contributed by atoms with Crippen LogP contribution >= 0.6 is 0 Å². The molecule has 0 bridgehead atoms. The number of amides is 1. The van der Waals surface area contributed by atoms with E-state index in [1.165, 1.54) is 0 Å². The minimum atomic E-state index is -0.432. The molecule has 0 spiro atoms. The van der Waals surface area contributed by atoms with Crippen molar-refractivity contribution in [1.82, 2.24) is 4.98 Å². The van der Waals surface area contributed by atoms with E-state index in [4.69, 9.17) is 14.6 Å². The molecule has 0 saturated carbocycles. The summed E-state index contributed by atoms with van der Waals surface area (Å²) in [6, 6.07) is 3.68. The molecule has 1 aliphatic heterocycles. The summed E-state index contributed by atoms with van der Waals surface area (Å²) in [7, 11) is 1.57. The number of pyridine rings is 1. The van der Waals surface area contributed by atoms with E-state index in [1.807, 2.05) is 13.0 Å². The van der Waals surface area contributed by atoms with Gasteiger partial charge < -0.3 is 14.6 Å². The van der Waals surface area contributed by atoms with Gasteiger partial charge in [0.05, 0.1) is 25.1 Å². The van der Waals surface area contributed by atoms with E-state index >= 15 is 0 Å². The molecule has 1 aromatic rings. The first-order valence-electron chi connectivity index (χ1n) is 6.82. The van der Waals surface area contributed by atoms with E-state index in [-0.39, 0.29) is 19.3 Å². The lowest BCUT2D eigenvalue weighted by Gasteiger charge is -2.35. The highest BCUT2D eigenvalue weighted by molar-refractivity contribution is 5.89. The lowest BCUT2D eigenvalue weighted by Crippen LogP contribution is -2.44. The van der Waals surface area contributed by atoms with Gasteiger partial charge in [0.1, 0.15) is 6.61 Å². The van der Waals surface area contributed by atoms with Crippen molar-refractivity contribution in [3.05, 3.63) is 17.8 Å². The van der Waals surface area contributed by atoms with Crippen LogP contribution in [0.15, 0.2) is 12.1 Å². The second-order valence-electron chi connectivity index (χ2n) is 4.63. The van der Waals surface area contributed by atoms with Crippen LogP contribution in [0.1, 0.15) is 25.5 Å². The predicted molar refractivity (Wildman–Crippen MR) is 74.1 cm³/mol. The molecule has 1 amide bonds. The molecule has 0 saturated heterocycles. The summed E-state index contributed by atoms with van der Waals surface area (Å²) in [4.78, 5) is 18.2. The van der Waals surface area contributed by atoms with E-state index in [2.05, 4.69) is 4.98 Å². The third-order valence-electron chi connectivity index (χ3n) is 3.46. The Balaban J connectivity index is 2.30. The molecule has 0 aromatic carbocycles. The largest absolute Gasteiger partial charge is 0.481 e. The van der Waals surface area contributed by atoms with Crippen LogP contribution in [0.25, 0.3) is 0 Å². The van der Waals surface area contributed by atoms with E-state index in [0.29, 0.717) is 5.88 Å². The van der Waals surface area contributed by atoms with Crippen molar-refractivity contribution in [1.29, 1.82) is 0 Å². The molecule has 2 heterocycles. The van der Waals surface area contributed by atoms with Gasteiger partial charge in [0, 0.05) is 12.1 Å². The Labute approximate surface area is 118 Å². The molecule has 2 rings (SSSR count). The van der Waals surface area contributed by atoms with Crippen LogP contribution in [0.3, 0.4) is 0 Å². The third kappa shape index (κ3) is 2.85. The smallest absolute Gasteiger partial charge is 0.414 e. The lowest BCUT2D eigenvalue weighted by molar-refractivity contribution is 0.122. The third-order valence-corrected chi connectivity index (χ3v) is 3.46. The molecule has 1 aromatic heterocycles. The molecule has 0 radical (unpaired) electrons. The Morgan fingerprint density at radius 3 is 3.00 bits per heavy atom. The van der Waals surface area contributed by atoms with Gasteiger partial charge in [-0.15, -0.1) is 0 Å². The number of hydrogen-bond acceptors (Lipinski definition) is 5. The maximum absolute atomic E-state index is 12.2. The van der Waals surface area contributed by atoms with Crippen molar-refractivity contribution in [2.24, 2.45) is 0 Å². The number of aliphatic hydroxyl groups is 1. The van der Waals surface area contributed by atoms with E-state index in [0.717, 1.165) is 30.6 Å². The minimum absolute atomic E-state index is 0.00465. The Morgan fingerprint density at radius 2 is 2.35 bits per heavy atom. The molecular formula is C14H20N2O4. The summed E-state index contributed by atoms with van der Waals surface area (Å²) < 4.78 is 10.2. The van der Waals surface area contributed by atoms with Gasteiger partial charge in [0.2, 0.25) is 5.88 Å². The number of fused-ring (bicyclic) bond motifs is 1. The fourth-order valence-electron chi connectivity index (χ4n) is 2.46. The predicted octanol–water partition coefficient (Wildman–Crippen LogP) is 1.75. The van der Waals surface area contributed by atoms with Crippen LogP contribution in [0, 0.1) is 0 Å². The number of nitrogens with zero attached hydrogens (tertiary/aromatic N) is 2. The van der Waals surface area contributed by atoms with E-state index in [1.54, 1.807) is 18.1 Å². The van der Waals surface area contributed by atoms with Crippen LogP contribution in [0.4, 0.5) is 10.5 Å². The lowest BCUT2D eigenvalue weighted by atomic mass is 9.98. The average Bonchev–Trinajstić information content (AvgIpc) is 2.50. The van der Waals surface area contributed by atoms with Gasteiger partial charge in [-0.1, -0.05) is 6.92 Å². The molecule has 1 aliphatic rings. The van der Waals surface area contributed by atoms with Gasteiger partial charge in [-0.2, -0.15) is 0 Å². The van der Waals surface area contributed by atoms with E-state index in [9.17, 15) is 4.79 Å². The summed E-state index contributed by atoms with van der Waals surface area (Å²) in [5.41, 5.74) is 1.61. The monoisotopic (exact) mass is 280 g/mol. The van der Waals surface area contributed by atoms with Crippen LogP contribution in [0.5, 0.6) is 5.88 Å². The Bertz CT molecular complexity index is 478. The standard InChI is InChI=1S/C14H20N2O4/c1-3-10-4-5-11-12(6-7-13(15-11)19-2)16(10)14(18)20-9-8-17/h6-7,10,17H,3-5,8-9H2,1-2H3. The maximum Gasteiger partial charge on any atom is 0.414 e. The number of aromatic nitrogens is 1. The number of rotatable bonds is 4. The summed E-state index contributed by atoms with van der Waals surface area (Å²) in [6.07, 6.45) is 2.07. The number of aliphatic hydroxyl groups excluding tert-OH is 1. The fourth-order valence-corrected chi connectivity index (χ4v) is 2.46.